The first kappa shape index (κ1) is 17.3. The number of fused-ring (bicyclic) bond motifs is 1. The summed E-state index contributed by atoms with van der Waals surface area (Å²) in [6.45, 7) is 6.95. The third kappa shape index (κ3) is 3.53. The Morgan fingerprint density at radius 2 is 1.96 bits per heavy atom. The van der Waals surface area contributed by atoms with E-state index in [1.54, 1.807) is 0 Å². The molecular formula is C20H26N4O2. The maximum absolute atomic E-state index is 5.93. The van der Waals surface area contributed by atoms with E-state index in [0.29, 0.717) is 0 Å². The topological polar surface area (TPSA) is 55.5 Å². The number of morpholine rings is 1. The minimum atomic E-state index is 0.210. The zero-order chi connectivity index (χ0) is 17.9. The summed E-state index contributed by atoms with van der Waals surface area (Å²) in [6, 6.07) is 12.6. The Kier molecular flexibility index (Phi) is 5.06. The average Bonchev–Trinajstić information content (AvgIpc) is 3.23. The summed E-state index contributed by atoms with van der Waals surface area (Å²) in [5.74, 6) is 3.01. The number of aromatic nitrogens is 2. The predicted octanol–water partition coefficient (Wildman–Crippen LogP) is 2.64. The maximum Gasteiger partial charge on any atom is 0.123 e. The number of hydrogen-bond donors (Lipinski definition) is 1. The van der Waals surface area contributed by atoms with E-state index in [1.165, 1.54) is 0 Å². The second kappa shape index (κ2) is 7.61. The van der Waals surface area contributed by atoms with Crippen LogP contribution in [0.1, 0.15) is 23.4 Å². The molecule has 0 aliphatic carbocycles. The van der Waals surface area contributed by atoms with Crippen LogP contribution in [0.5, 0.6) is 0 Å². The molecule has 0 unspecified atom stereocenters. The van der Waals surface area contributed by atoms with E-state index in [9.17, 15) is 0 Å². The molecule has 4 rings (SSSR count). The maximum atomic E-state index is 5.93. The van der Waals surface area contributed by atoms with Crippen molar-refractivity contribution in [2.75, 3.05) is 32.8 Å². The molecule has 1 fully saturated rings. The number of nitrogens with one attached hydrogen (secondary N) is 1. The van der Waals surface area contributed by atoms with Crippen molar-refractivity contribution in [2.24, 2.45) is 7.05 Å². The third-order valence-corrected chi connectivity index (χ3v) is 5.08. The minimum absolute atomic E-state index is 0.210. The molecule has 1 N–H and O–H groups in total. The molecule has 0 bridgehead atoms. The van der Waals surface area contributed by atoms with E-state index < -0.39 is 0 Å². The first-order valence-electron chi connectivity index (χ1n) is 9.21. The van der Waals surface area contributed by atoms with Gasteiger partial charge >= 0.3 is 0 Å². The summed E-state index contributed by atoms with van der Waals surface area (Å²) < 4.78 is 13.6. The summed E-state index contributed by atoms with van der Waals surface area (Å²) in [7, 11) is 2.07. The number of nitrogens with zero attached hydrogens (tertiary/aromatic N) is 3. The number of benzene rings is 1. The Bertz CT molecular complexity index is 864. The highest BCUT2D eigenvalue weighted by Gasteiger charge is 2.25. The normalized spacial score (nSPS) is 17.0. The van der Waals surface area contributed by atoms with Crippen LogP contribution in [0.2, 0.25) is 0 Å². The molecule has 3 aromatic rings. The molecule has 1 aliphatic rings. The summed E-state index contributed by atoms with van der Waals surface area (Å²) >= 11 is 0. The summed E-state index contributed by atoms with van der Waals surface area (Å²) in [5.41, 5.74) is 2.20. The Balaban J connectivity index is 1.46. The number of aryl methyl sites for hydroxylation is 2. The van der Waals surface area contributed by atoms with Gasteiger partial charge in [0.2, 0.25) is 0 Å². The van der Waals surface area contributed by atoms with Gasteiger partial charge in [0.05, 0.1) is 36.8 Å². The Labute approximate surface area is 153 Å². The van der Waals surface area contributed by atoms with E-state index in [-0.39, 0.29) is 6.04 Å². The molecule has 6 nitrogen and oxygen atoms in total. The lowest BCUT2D eigenvalue weighted by Crippen LogP contribution is -2.42. The highest BCUT2D eigenvalue weighted by atomic mass is 16.5. The zero-order valence-corrected chi connectivity index (χ0v) is 15.4. The monoisotopic (exact) mass is 354 g/mol. The van der Waals surface area contributed by atoms with Crippen LogP contribution in [0, 0.1) is 6.92 Å². The van der Waals surface area contributed by atoms with Crippen LogP contribution in [-0.4, -0.2) is 47.3 Å². The van der Waals surface area contributed by atoms with Gasteiger partial charge in [0, 0.05) is 26.7 Å². The number of imidazole rings is 1. The van der Waals surface area contributed by atoms with Crippen molar-refractivity contribution in [3.05, 3.63) is 53.7 Å². The fourth-order valence-electron chi connectivity index (χ4n) is 3.61. The van der Waals surface area contributed by atoms with Crippen molar-refractivity contribution < 1.29 is 9.15 Å². The molecule has 1 aliphatic heterocycles. The molecule has 1 saturated heterocycles. The number of para-hydroxylation sites is 2. The minimum Gasteiger partial charge on any atom is -0.465 e. The predicted molar refractivity (Wildman–Crippen MR) is 101 cm³/mol. The zero-order valence-electron chi connectivity index (χ0n) is 15.4. The molecular weight excluding hydrogens is 328 g/mol. The quantitative estimate of drug-likeness (QED) is 0.737. The third-order valence-electron chi connectivity index (χ3n) is 5.08. The van der Waals surface area contributed by atoms with Crippen LogP contribution in [0.4, 0.5) is 0 Å². The largest absolute Gasteiger partial charge is 0.465 e. The lowest BCUT2D eigenvalue weighted by Gasteiger charge is -2.33. The van der Waals surface area contributed by atoms with E-state index >= 15 is 0 Å². The summed E-state index contributed by atoms with van der Waals surface area (Å²) in [6.07, 6.45) is 0. The number of furan rings is 1. The summed E-state index contributed by atoms with van der Waals surface area (Å²) in [4.78, 5) is 7.18. The molecule has 3 heterocycles. The first-order chi connectivity index (χ1) is 12.7. The highest BCUT2D eigenvalue weighted by Crippen LogP contribution is 2.23. The van der Waals surface area contributed by atoms with Gasteiger partial charge in [-0.1, -0.05) is 12.1 Å². The van der Waals surface area contributed by atoms with Gasteiger partial charge in [-0.15, -0.1) is 0 Å². The molecule has 6 heteroatoms. The molecule has 0 spiro atoms. The van der Waals surface area contributed by atoms with Crippen LogP contribution < -0.4 is 5.32 Å². The fraction of sp³-hybridized carbons (Fsp3) is 0.450. The second-order valence-corrected chi connectivity index (χ2v) is 6.82. The molecule has 0 amide bonds. The fourth-order valence-corrected chi connectivity index (χ4v) is 3.61. The van der Waals surface area contributed by atoms with Gasteiger partial charge < -0.3 is 19.0 Å². The SMILES string of the molecule is Cc1ccc([C@@H](CNCc2nc3ccccc3n2C)N2CCOCC2)o1. The van der Waals surface area contributed by atoms with Crippen LogP contribution in [0.25, 0.3) is 11.0 Å². The van der Waals surface area contributed by atoms with Crippen molar-refractivity contribution in [3.8, 4) is 0 Å². The van der Waals surface area contributed by atoms with Crippen molar-refractivity contribution in [2.45, 2.75) is 19.5 Å². The lowest BCUT2D eigenvalue weighted by molar-refractivity contribution is 0.0114. The second-order valence-electron chi connectivity index (χ2n) is 6.82. The number of ether oxygens (including phenoxy) is 1. The van der Waals surface area contributed by atoms with Gasteiger partial charge in [0.25, 0.3) is 0 Å². The Morgan fingerprint density at radius 1 is 1.15 bits per heavy atom. The lowest BCUT2D eigenvalue weighted by atomic mass is 10.1. The Morgan fingerprint density at radius 3 is 2.69 bits per heavy atom. The molecule has 26 heavy (non-hydrogen) atoms. The van der Waals surface area contributed by atoms with E-state index in [2.05, 4.69) is 46.1 Å². The average molecular weight is 354 g/mol. The van der Waals surface area contributed by atoms with Gasteiger partial charge in [-0.3, -0.25) is 4.90 Å². The van der Waals surface area contributed by atoms with Gasteiger partial charge in [-0.05, 0) is 31.2 Å². The van der Waals surface area contributed by atoms with Crippen LogP contribution in [0.3, 0.4) is 0 Å². The molecule has 0 saturated carbocycles. The van der Waals surface area contributed by atoms with Crippen molar-refractivity contribution in [1.29, 1.82) is 0 Å². The van der Waals surface area contributed by atoms with Crippen molar-refractivity contribution >= 4 is 11.0 Å². The summed E-state index contributed by atoms with van der Waals surface area (Å²) in [5, 5.41) is 3.58. The van der Waals surface area contributed by atoms with Gasteiger partial charge in [0.1, 0.15) is 17.3 Å². The smallest absolute Gasteiger partial charge is 0.123 e. The van der Waals surface area contributed by atoms with Crippen LogP contribution in [0.15, 0.2) is 40.8 Å². The molecule has 2 aromatic heterocycles. The van der Waals surface area contributed by atoms with Crippen molar-refractivity contribution in [3.63, 3.8) is 0 Å². The number of rotatable bonds is 6. The molecule has 138 valence electrons. The van der Waals surface area contributed by atoms with Crippen LogP contribution >= 0.6 is 0 Å². The van der Waals surface area contributed by atoms with Gasteiger partial charge in [-0.2, -0.15) is 0 Å². The first-order valence-corrected chi connectivity index (χ1v) is 9.21. The van der Waals surface area contributed by atoms with Crippen molar-refractivity contribution in [1.82, 2.24) is 19.8 Å². The van der Waals surface area contributed by atoms with Crippen LogP contribution in [-0.2, 0) is 18.3 Å². The standard InChI is InChI=1S/C20H26N4O2/c1-15-7-8-19(26-15)18(24-9-11-25-12-10-24)13-21-14-20-22-16-5-3-4-6-17(16)23(20)2/h3-8,18,21H,9-14H2,1-2H3/t18-/m1/s1. The van der Waals surface area contributed by atoms with E-state index in [0.717, 1.165) is 67.8 Å². The molecule has 0 radical (unpaired) electrons. The molecule has 1 aromatic carbocycles. The number of hydrogen-bond acceptors (Lipinski definition) is 5. The Hall–Kier alpha value is -2.15. The molecule has 1 atom stereocenters. The highest BCUT2D eigenvalue weighted by molar-refractivity contribution is 5.75. The van der Waals surface area contributed by atoms with Gasteiger partial charge in [0.15, 0.2) is 0 Å². The van der Waals surface area contributed by atoms with E-state index in [4.69, 9.17) is 14.1 Å². The van der Waals surface area contributed by atoms with Gasteiger partial charge in [-0.25, -0.2) is 4.98 Å². The van der Waals surface area contributed by atoms with E-state index in [1.807, 2.05) is 19.1 Å².